The van der Waals surface area contributed by atoms with Gasteiger partial charge < -0.3 is 10.6 Å². The molecule has 0 radical (unpaired) electrons. The fraction of sp³-hybridized carbons (Fsp3) is 0.750. The van der Waals surface area contributed by atoms with Gasteiger partial charge in [0.2, 0.25) is 5.91 Å². The van der Waals surface area contributed by atoms with E-state index in [0.29, 0.717) is 18.4 Å². The first-order valence-electron chi connectivity index (χ1n) is 8.29. The second-order valence-corrected chi connectivity index (χ2v) is 6.46. The molecule has 1 atom stereocenters. The quantitative estimate of drug-likeness (QED) is 0.894. The van der Waals surface area contributed by atoms with Crippen molar-refractivity contribution in [1.82, 2.24) is 15.1 Å². The normalized spacial score (nSPS) is 22.3. The molecule has 0 aromatic carbocycles. The van der Waals surface area contributed by atoms with E-state index in [1.165, 1.54) is 38.5 Å². The van der Waals surface area contributed by atoms with Crippen molar-refractivity contribution in [2.24, 2.45) is 7.05 Å². The number of aromatic nitrogens is 2. The van der Waals surface area contributed by atoms with Crippen LogP contribution in [0.25, 0.3) is 0 Å². The second-order valence-electron chi connectivity index (χ2n) is 6.46. The van der Waals surface area contributed by atoms with Crippen LogP contribution in [-0.2, 0) is 11.8 Å². The van der Waals surface area contributed by atoms with Gasteiger partial charge in [-0.2, -0.15) is 5.10 Å². The zero-order valence-electron chi connectivity index (χ0n) is 13.3. The summed E-state index contributed by atoms with van der Waals surface area (Å²) in [6.07, 6.45) is 9.26. The van der Waals surface area contributed by atoms with Crippen LogP contribution in [0.2, 0.25) is 0 Å². The minimum absolute atomic E-state index is 0. The number of carbonyl (C=O) groups is 1. The Morgan fingerprint density at radius 1 is 1.32 bits per heavy atom. The molecule has 1 aromatic rings. The van der Waals surface area contributed by atoms with Crippen molar-refractivity contribution in [3.05, 3.63) is 11.8 Å². The van der Waals surface area contributed by atoms with E-state index in [1.54, 1.807) is 0 Å². The predicted octanol–water partition coefficient (Wildman–Crippen LogP) is 2.97. The second kappa shape index (κ2) is 7.97. The van der Waals surface area contributed by atoms with E-state index in [2.05, 4.69) is 21.8 Å². The van der Waals surface area contributed by atoms with E-state index in [9.17, 15) is 4.79 Å². The number of anilines is 1. The Bertz CT molecular complexity index is 490. The summed E-state index contributed by atoms with van der Waals surface area (Å²) >= 11 is 0. The molecule has 0 spiro atoms. The highest BCUT2D eigenvalue weighted by Gasteiger charge is 2.21. The first-order chi connectivity index (χ1) is 10.2. The summed E-state index contributed by atoms with van der Waals surface area (Å²) in [6, 6.07) is 2.41. The van der Waals surface area contributed by atoms with E-state index in [-0.39, 0.29) is 18.3 Å². The van der Waals surface area contributed by atoms with Crippen molar-refractivity contribution in [2.75, 3.05) is 11.9 Å². The number of hydrogen-bond donors (Lipinski definition) is 2. The van der Waals surface area contributed by atoms with Crippen LogP contribution in [0.5, 0.6) is 0 Å². The Kier molecular flexibility index (Phi) is 6.26. The maximum Gasteiger partial charge on any atom is 0.227 e. The lowest BCUT2D eigenvalue weighted by Crippen LogP contribution is -2.27. The largest absolute Gasteiger partial charge is 0.313 e. The molecular weight excluding hydrogens is 300 g/mol. The molecule has 1 aromatic heterocycles. The van der Waals surface area contributed by atoms with Crippen molar-refractivity contribution in [3.8, 4) is 0 Å². The van der Waals surface area contributed by atoms with Gasteiger partial charge >= 0.3 is 0 Å². The third-order valence-electron chi connectivity index (χ3n) is 4.78. The molecule has 3 rings (SSSR count). The lowest BCUT2D eigenvalue weighted by atomic mass is 9.87. The molecule has 2 heterocycles. The predicted molar refractivity (Wildman–Crippen MR) is 90.6 cm³/mol. The van der Waals surface area contributed by atoms with Crippen molar-refractivity contribution < 1.29 is 4.79 Å². The zero-order chi connectivity index (χ0) is 14.7. The van der Waals surface area contributed by atoms with Gasteiger partial charge in [0.1, 0.15) is 5.82 Å². The molecule has 1 saturated carbocycles. The third-order valence-corrected chi connectivity index (χ3v) is 4.78. The summed E-state index contributed by atoms with van der Waals surface area (Å²) in [5.74, 6) is 1.50. The summed E-state index contributed by atoms with van der Waals surface area (Å²) < 4.78 is 1.81. The number of nitrogens with zero attached hydrogens (tertiary/aromatic N) is 2. The van der Waals surface area contributed by atoms with Crippen LogP contribution in [0.3, 0.4) is 0 Å². The summed E-state index contributed by atoms with van der Waals surface area (Å²) in [5.41, 5.74) is 1.14. The average Bonchev–Trinajstić information content (AvgIpc) is 3.11. The summed E-state index contributed by atoms with van der Waals surface area (Å²) in [6.45, 7) is 1.04. The molecule has 1 amide bonds. The molecule has 22 heavy (non-hydrogen) atoms. The summed E-state index contributed by atoms with van der Waals surface area (Å²) in [5, 5.41) is 11.0. The Morgan fingerprint density at radius 3 is 2.77 bits per heavy atom. The average molecular weight is 327 g/mol. The number of rotatable bonds is 4. The standard InChI is InChI=1S/C16H26N4O.ClH/c1-20-15(18-16(21)10-13-8-5-9-17-13)11-14(19-20)12-6-3-2-4-7-12;/h11-13,17H,2-10H2,1H3,(H,18,21);1H. The Morgan fingerprint density at radius 2 is 2.09 bits per heavy atom. The van der Waals surface area contributed by atoms with Gasteiger partial charge in [0.15, 0.2) is 0 Å². The van der Waals surface area contributed by atoms with Crippen LogP contribution in [-0.4, -0.2) is 28.3 Å². The zero-order valence-corrected chi connectivity index (χ0v) is 14.1. The van der Waals surface area contributed by atoms with Crippen molar-refractivity contribution in [3.63, 3.8) is 0 Å². The van der Waals surface area contributed by atoms with Crippen molar-refractivity contribution in [1.29, 1.82) is 0 Å². The van der Waals surface area contributed by atoms with Crippen molar-refractivity contribution in [2.45, 2.75) is 63.3 Å². The van der Waals surface area contributed by atoms with Gasteiger partial charge in [-0.1, -0.05) is 19.3 Å². The van der Waals surface area contributed by atoms with Gasteiger partial charge in [-0.25, -0.2) is 0 Å². The SMILES string of the molecule is Cl.Cn1nc(C2CCCCC2)cc1NC(=O)CC1CCCN1. The van der Waals surface area contributed by atoms with Crippen LogP contribution in [0.15, 0.2) is 6.07 Å². The smallest absolute Gasteiger partial charge is 0.227 e. The molecule has 2 aliphatic rings. The molecule has 2 fully saturated rings. The van der Waals surface area contributed by atoms with E-state index in [0.717, 1.165) is 24.5 Å². The number of nitrogens with one attached hydrogen (secondary N) is 2. The topological polar surface area (TPSA) is 59.0 Å². The molecule has 2 N–H and O–H groups in total. The van der Waals surface area contributed by atoms with Gasteiger partial charge in [-0.15, -0.1) is 12.4 Å². The summed E-state index contributed by atoms with van der Waals surface area (Å²) in [4.78, 5) is 12.1. The van der Waals surface area contributed by atoms with E-state index >= 15 is 0 Å². The van der Waals surface area contributed by atoms with Crippen LogP contribution >= 0.6 is 12.4 Å². The Hall–Kier alpha value is -1.07. The highest BCUT2D eigenvalue weighted by Crippen LogP contribution is 2.32. The minimum atomic E-state index is 0. The third kappa shape index (κ3) is 4.23. The van der Waals surface area contributed by atoms with Crippen LogP contribution in [0.4, 0.5) is 5.82 Å². The minimum Gasteiger partial charge on any atom is -0.313 e. The molecule has 0 bridgehead atoms. The van der Waals surface area contributed by atoms with Gasteiger partial charge in [-0.05, 0) is 32.2 Å². The molecule has 1 unspecified atom stereocenters. The van der Waals surface area contributed by atoms with Gasteiger partial charge in [0.25, 0.3) is 0 Å². The van der Waals surface area contributed by atoms with Gasteiger partial charge in [0.05, 0.1) is 5.69 Å². The van der Waals surface area contributed by atoms with Crippen molar-refractivity contribution >= 4 is 24.1 Å². The molecule has 124 valence electrons. The first kappa shape index (κ1) is 17.3. The Balaban J connectivity index is 0.00000176. The highest BCUT2D eigenvalue weighted by molar-refractivity contribution is 5.90. The molecule has 1 aliphatic heterocycles. The first-order valence-corrected chi connectivity index (χ1v) is 8.29. The monoisotopic (exact) mass is 326 g/mol. The fourth-order valence-corrected chi connectivity index (χ4v) is 3.55. The number of hydrogen-bond acceptors (Lipinski definition) is 3. The number of carbonyl (C=O) groups excluding carboxylic acids is 1. The molecular formula is C16H27ClN4O. The van der Waals surface area contributed by atoms with Crippen LogP contribution in [0.1, 0.15) is 63.0 Å². The Labute approximate surface area is 138 Å². The lowest BCUT2D eigenvalue weighted by molar-refractivity contribution is -0.116. The molecule has 1 aliphatic carbocycles. The highest BCUT2D eigenvalue weighted by atomic mass is 35.5. The fourth-order valence-electron chi connectivity index (χ4n) is 3.55. The molecule has 6 heteroatoms. The number of halogens is 1. The molecule has 5 nitrogen and oxygen atoms in total. The maximum atomic E-state index is 12.1. The van der Waals surface area contributed by atoms with Gasteiger partial charge in [-0.3, -0.25) is 9.48 Å². The number of amides is 1. The van der Waals surface area contributed by atoms with Gasteiger partial charge in [0, 0.05) is 31.5 Å². The lowest BCUT2D eigenvalue weighted by Gasteiger charge is -2.19. The maximum absolute atomic E-state index is 12.1. The summed E-state index contributed by atoms with van der Waals surface area (Å²) in [7, 11) is 1.91. The molecule has 1 saturated heterocycles. The van der Waals surface area contributed by atoms with E-state index < -0.39 is 0 Å². The van der Waals surface area contributed by atoms with Crippen LogP contribution in [0, 0.1) is 0 Å². The van der Waals surface area contributed by atoms with Crippen LogP contribution < -0.4 is 10.6 Å². The van der Waals surface area contributed by atoms with E-state index in [4.69, 9.17) is 0 Å². The van der Waals surface area contributed by atoms with E-state index in [1.807, 2.05) is 11.7 Å². The number of aryl methyl sites for hydroxylation is 1.